The van der Waals surface area contributed by atoms with E-state index in [1.807, 2.05) is 6.07 Å². The molecule has 0 bridgehead atoms. The Labute approximate surface area is 115 Å². The van der Waals surface area contributed by atoms with Gasteiger partial charge in [0.15, 0.2) is 11.6 Å². The molecule has 0 heterocycles. The van der Waals surface area contributed by atoms with Gasteiger partial charge in [-0.25, -0.2) is 4.39 Å². The van der Waals surface area contributed by atoms with Crippen LogP contribution in [0, 0.1) is 17.7 Å². The average molecular weight is 265 g/mol. The number of halogens is 1. The van der Waals surface area contributed by atoms with E-state index in [2.05, 4.69) is 6.92 Å². The molecule has 0 aliphatic heterocycles. The second kappa shape index (κ2) is 6.38. The van der Waals surface area contributed by atoms with E-state index in [0.29, 0.717) is 24.1 Å². The van der Waals surface area contributed by atoms with Crippen LogP contribution < -0.4 is 10.5 Å². The molecule has 0 spiro atoms. The molecule has 2 rings (SSSR count). The van der Waals surface area contributed by atoms with Gasteiger partial charge in [0.05, 0.1) is 7.11 Å². The molecule has 1 fully saturated rings. The van der Waals surface area contributed by atoms with Crippen LogP contribution in [0.25, 0.3) is 0 Å². The molecule has 1 aliphatic carbocycles. The molecule has 1 aromatic rings. The summed E-state index contributed by atoms with van der Waals surface area (Å²) in [6, 6.07) is 5.35. The van der Waals surface area contributed by atoms with Crippen molar-refractivity contribution in [3.8, 4) is 5.75 Å². The number of nitrogens with two attached hydrogens (primary N) is 1. The molecule has 0 amide bonds. The van der Waals surface area contributed by atoms with Crippen LogP contribution in [0.1, 0.15) is 44.1 Å². The third-order valence-electron chi connectivity index (χ3n) is 4.59. The van der Waals surface area contributed by atoms with E-state index < -0.39 is 0 Å². The lowest BCUT2D eigenvalue weighted by Gasteiger charge is -2.35. The lowest BCUT2D eigenvalue weighted by atomic mass is 9.70. The van der Waals surface area contributed by atoms with E-state index in [4.69, 9.17) is 10.5 Å². The Kier molecular flexibility index (Phi) is 4.81. The van der Waals surface area contributed by atoms with Crippen molar-refractivity contribution in [3.05, 3.63) is 29.6 Å². The summed E-state index contributed by atoms with van der Waals surface area (Å²) in [6.45, 7) is 2.92. The predicted octanol–water partition coefficient (Wildman–Crippen LogP) is 3.70. The highest BCUT2D eigenvalue weighted by Crippen LogP contribution is 2.41. The van der Waals surface area contributed by atoms with Gasteiger partial charge in [0.2, 0.25) is 0 Å². The van der Waals surface area contributed by atoms with Gasteiger partial charge in [-0.2, -0.15) is 0 Å². The summed E-state index contributed by atoms with van der Waals surface area (Å²) < 4.78 is 18.8. The first-order chi connectivity index (χ1) is 9.19. The summed E-state index contributed by atoms with van der Waals surface area (Å²) in [6.07, 6.45) is 4.75. The highest BCUT2D eigenvalue weighted by atomic mass is 19.1. The van der Waals surface area contributed by atoms with Gasteiger partial charge in [0.25, 0.3) is 0 Å². The molecule has 0 aromatic heterocycles. The van der Waals surface area contributed by atoms with Gasteiger partial charge in [-0.1, -0.05) is 25.8 Å². The minimum absolute atomic E-state index is 0.269. The van der Waals surface area contributed by atoms with Crippen LogP contribution in [-0.4, -0.2) is 13.7 Å². The Balaban J connectivity index is 2.23. The van der Waals surface area contributed by atoms with Crippen LogP contribution >= 0.6 is 0 Å². The average Bonchev–Trinajstić information content (AvgIpc) is 2.46. The molecule has 1 aliphatic rings. The molecule has 19 heavy (non-hydrogen) atoms. The van der Waals surface area contributed by atoms with Gasteiger partial charge >= 0.3 is 0 Å². The molecule has 3 unspecified atom stereocenters. The minimum Gasteiger partial charge on any atom is -0.494 e. The summed E-state index contributed by atoms with van der Waals surface area (Å²) in [4.78, 5) is 0. The third-order valence-corrected chi connectivity index (χ3v) is 4.59. The lowest BCUT2D eigenvalue weighted by Crippen LogP contribution is -2.29. The van der Waals surface area contributed by atoms with Crippen molar-refractivity contribution in [2.75, 3.05) is 13.7 Å². The Morgan fingerprint density at radius 2 is 2.16 bits per heavy atom. The molecular formula is C16H24FNO. The molecular weight excluding hydrogens is 241 g/mol. The van der Waals surface area contributed by atoms with Gasteiger partial charge in [-0.15, -0.1) is 0 Å². The number of ether oxygens (including phenoxy) is 1. The second-order valence-corrected chi connectivity index (χ2v) is 5.58. The van der Waals surface area contributed by atoms with Crippen molar-refractivity contribution in [1.29, 1.82) is 0 Å². The second-order valence-electron chi connectivity index (χ2n) is 5.58. The monoisotopic (exact) mass is 265 g/mol. The highest BCUT2D eigenvalue weighted by molar-refractivity contribution is 5.32. The Morgan fingerprint density at radius 1 is 1.37 bits per heavy atom. The van der Waals surface area contributed by atoms with E-state index in [-0.39, 0.29) is 5.82 Å². The quantitative estimate of drug-likeness (QED) is 0.901. The first-order valence-corrected chi connectivity index (χ1v) is 7.23. The van der Waals surface area contributed by atoms with Crippen molar-refractivity contribution in [2.24, 2.45) is 17.6 Å². The van der Waals surface area contributed by atoms with E-state index in [0.717, 1.165) is 24.3 Å². The fraction of sp³-hybridized carbons (Fsp3) is 0.625. The van der Waals surface area contributed by atoms with E-state index in [1.165, 1.54) is 20.0 Å². The van der Waals surface area contributed by atoms with Crippen molar-refractivity contribution < 1.29 is 9.13 Å². The Morgan fingerprint density at radius 3 is 2.74 bits per heavy atom. The summed E-state index contributed by atoms with van der Waals surface area (Å²) in [5.41, 5.74) is 6.97. The Bertz CT molecular complexity index is 421. The van der Waals surface area contributed by atoms with Gasteiger partial charge in [0, 0.05) is 0 Å². The largest absolute Gasteiger partial charge is 0.494 e. The molecule has 3 heteroatoms. The molecule has 106 valence electrons. The van der Waals surface area contributed by atoms with Gasteiger partial charge in [0.1, 0.15) is 0 Å². The minimum atomic E-state index is -0.269. The number of hydrogen-bond donors (Lipinski definition) is 1. The van der Waals surface area contributed by atoms with Gasteiger partial charge in [-0.05, 0) is 54.8 Å². The van der Waals surface area contributed by atoms with Crippen molar-refractivity contribution >= 4 is 0 Å². The zero-order valence-electron chi connectivity index (χ0n) is 11.9. The van der Waals surface area contributed by atoms with Crippen molar-refractivity contribution in [2.45, 2.75) is 38.5 Å². The molecule has 0 radical (unpaired) electrons. The summed E-state index contributed by atoms with van der Waals surface area (Å²) >= 11 is 0. The topological polar surface area (TPSA) is 35.2 Å². The predicted molar refractivity (Wildman–Crippen MR) is 75.9 cm³/mol. The lowest BCUT2D eigenvalue weighted by molar-refractivity contribution is 0.235. The number of hydrogen-bond acceptors (Lipinski definition) is 2. The molecule has 3 atom stereocenters. The molecule has 0 saturated heterocycles. The normalized spacial score (nSPS) is 27.3. The van der Waals surface area contributed by atoms with Crippen LogP contribution in [0.15, 0.2) is 18.2 Å². The molecule has 2 nitrogen and oxygen atoms in total. The smallest absolute Gasteiger partial charge is 0.165 e. The molecule has 2 N–H and O–H groups in total. The molecule has 1 saturated carbocycles. The highest BCUT2D eigenvalue weighted by Gasteiger charge is 2.30. The van der Waals surface area contributed by atoms with Crippen molar-refractivity contribution in [3.63, 3.8) is 0 Å². The third kappa shape index (κ3) is 3.08. The van der Waals surface area contributed by atoms with E-state index in [1.54, 1.807) is 12.1 Å². The fourth-order valence-corrected chi connectivity index (χ4v) is 3.29. The van der Waals surface area contributed by atoms with Crippen molar-refractivity contribution in [1.82, 2.24) is 0 Å². The molecule has 1 aromatic carbocycles. The SMILES string of the molecule is CCC1CCC(CN)C(c2ccc(OC)c(F)c2)C1. The Hall–Kier alpha value is -1.09. The maximum Gasteiger partial charge on any atom is 0.165 e. The summed E-state index contributed by atoms with van der Waals surface area (Å²) in [5, 5.41) is 0. The number of methoxy groups -OCH3 is 1. The summed E-state index contributed by atoms with van der Waals surface area (Å²) in [7, 11) is 1.49. The first-order valence-electron chi connectivity index (χ1n) is 7.23. The van der Waals surface area contributed by atoms with E-state index >= 15 is 0 Å². The van der Waals surface area contributed by atoms with Crippen LogP contribution in [0.3, 0.4) is 0 Å². The fourth-order valence-electron chi connectivity index (χ4n) is 3.29. The van der Waals surface area contributed by atoms with Gasteiger partial charge in [-0.3, -0.25) is 0 Å². The maximum absolute atomic E-state index is 13.9. The maximum atomic E-state index is 13.9. The van der Waals surface area contributed by atoms with Crippen LogP contribution in [-0.2, 0) is 0 Å². The van der Waals surface area contributed by atoms with E-state index in [9.17, 15) is 4.39 Å². The summed E-state index contributed by atoms with van der Waals surface area (Å²) in [5.74, 6) is 1.67. The number of benzene rings is 1. The van der Waals surface area contributed by atoms with Crippen LogP contribution in [0.4, 0.5) is 4.39 Å². The number of rotatable bonds is 4. The van der Waals surface area contributed by atoms with Gasteiger partial charge < -0.3 is 10.5 Å². The zero-order valence-corrected chi connectivity index (χ0v) is 11.9. The van der Waals surface area contributed by atoms with Crippen LogP contribution in [0.2, 0.25) is 0 Å². The zero-order chi connectivity index (χ0) is 13.8. The standard InChI is InChI=1S/C16H24FNO/c1-3-11-4-5-13(10-18)14(8-11)12-6-7-16(19-2)15(17)9-12/h6-7,9,11,13-14H,3-5,8,10,18H2,1-2H3. The van der Waals surface area contributed by atoms with Crippen LogP contribution in [0.5, 0.6) is 5.75 Å². The first kappa shape index (κ1) is 14.3.